The molecule has 104 valence electrons. The molecule has 1 unspecified atom stereocenters. The van der Waals surface area contributed by atoms with E-state index in [0.717, 1.165) is 6.54 Å². The van der Waals surface area contributed by atoms with Gasteiger partial charge in [0, 0.05) is 24.0 Å². The van der Waals surface area contributed by atoms with Gasteiger partial charge in [-0.3, -0.25) is 4.90 Å². The highest BCUT2D eigenvalue weighted by molar-refractivity contribution is 7.99. The second kappa shape index (κ2) is 6.67. The minimum atomic E-state index is 0.667. The Morgan fingerprint density at radius 3 is 2.89 bits per heavy atom. The van der Waals surface area contributed by atoms with E-state index in [1.807, 2.05) is 0 Å². The van der Waals surface area contributed by atoms with E-state index in [-0.39, 0.29) is 0 Å². The standard InChI is InChI=1S/C16H24N2S/c1-2-9-18(8-1)12-14-5-3-6-15(11-14)17-16-7-4-10-19-13-16/h3,5-6,11,16-17H,1-2,4,7-10,12-13H2. The Bertz CT molecular complexity index is 395. The molecule has 3 heteroatoms. The molecule has 0 radical (unpaired) electrons. The SMILES string of the molecule is c1cc(CN2CCCC2)cc(NC2CCCSC2)c1. The molecule has 1 aromatic carbocycles. The summed E-state index contributed by atoms with van der Waals surface area (Å²) in [6.45, 7) is 3.67. The topological polar surface area (TPSA) is 15.3 Å². The van der Waals surface area contributed by atoms with Crippen molar-refractivity contribution in [2.24, 2.45) is 0 Å². The van der Waals surface area contributed by atoms with Crippen LogP contribution in [0.5, 0.6) is 0 Å². The van der Waals surface area contributed by atoms with Crippen LogP contribution in [0.3, 0.4) is 0 Å². The molecule has 2 fully saturated rings. The Labute approximate surface area is 121 Å². The van der Waals surface area contributed by atoms with Crippen LogP contribution >= 0.6 is 11.8 Å². The van der Waals surface area contributed by atoms with Crippen molar-refractivity contribution in [3.63, 3.8) is 0 Å². The zero-order valence-corrected chi connectivity index (χ0v) is 12.4. The van der Waals surface area contributed by atoms with E-state index in [1.165, 1.54) is 61.5 Å². The van der Waals surface area contributed by atoms with Gasteiger partial charge < -0.3 is 5.32 Å². The quantitative estimate of drug-likeness (QED) is 0.905. The van der Waals surface area contributed by atoms with Crippen molar-refractivity contribution in [3.05, 3.63) is 29.8 Å². The largest absolute Gasteiger partial charge is 0.381 e. The molecule has 1 N–H and O–H groups in total. The highest BCUT2D eigenvalue weighted by atomic mass is 32.2. The van der Waals surface area contributed by atoms with Gasteiger partial charge in [0.25, 0.3) is 0 Å². The molecule has 0 aliphatic carbocycles. The van der Waals surface area contributed by atoms with Crippen LogP contribution < -0.4 is 5.32 Å². The number of benzene rings is 1. The molecular weight excluding hydrogens is 252 g/mol. The van der Waals surface area contributed by atoms with Crippen molar-refractivity contribution in [1.82, 2.24) is 4.90 Å². The average Bonchev–Trinajstić information content (AvgIpc) is 2.93. The molecular formula is C16H24N2S. The first-order valence-corrected chi connectivity index (χ1v) is 8.71. The van der Waals surface area contributed by atoms with Crippen LogP contribution in [0, 0.1) is 0 Å². The summed E-state index contributed by atoms with van der Waals surface area (Å²) in [6, 6.07) is 9.69. The summed E-state index contributed by atoms with van der Waals surface area (Å²) in [4.78, 5) is 2.57. The molecule has 2 aliphatic rings. The fraction of sp³-hybridized carbons (Fsp3) is 0.625. The van der Waals surface area contributed by atoms with Gasteiger partial charge in [-0.25, -0.2) is 0 Å². The number of hydrogen-bond donors (Lipinski definition) is 1. The monoisotopic (exact) mass is 276 g/mol. The lowest BCUT2D eigenvalue weighted by Gasteiger charge is -2.24. The predicted molar refractivity (Wildman–Crippen MR) is 84.9 cm³/mol. The summed E-state index contributed by atoms with van der Waals surface area (Å²) < 4.78 is 0. The van der Waals surface area contributed by atoms with Crippen LogP contribution in [-0.2, 0) is 6.54 Å². The molecule has 19 heavy (non-hydrogen) atoms. The molecule has 0 aromatic heterocycles. The zero-order chi connectivity index (χ0) is 12.9. The Morgan fingerprint density at radius 1 is 1.21 bits per heavy atom. The highest BCUT2D eigenvalue weighted by Gasteiger charge is 2.14. The second-order valence-electron chi connectivity index (χ2n) is 5.74. The highest BCUT2D eigenvalue weighted by Crippen LogP contribution is 2.22. The van der Waals surface area contributed by atoms with Gasteiger partial charge in [-0.05, 0) is 62.2 Å². The van der Waals surface area contributed by atoms with Gasteiger partial charge >= 0.3 is 0 Å². The molecule has 2 saturated heterocycles. The molecule has 1 aromatic rings. The van der Waals surface area contributed by atoms with Gasteiger partial charge in [0.2, 0.25) is 0 Å². The van der Waals surface area contributed by atoms with Crippen LogP contribution in [-0.4, -0.2) is 35.5 Å². The smallest absolute Gasteiger partial charge is 0.0352 e. The summed E-state index contributed by atoms with van der Waals surface area (Å²) in [5.74, 6) is 2.60. The van der Waals surface area contributed by atoms with Crippen LogP contribution in [0.4, 0.5) is 5.69 Å². The predicted octanol–water partition coefficient (Wildman–Crippen LogP) is 3.59. The number of nitrogens with one attached hydrogen (secondary N) is 1. The maximum atomic E-state index is 3.71. The fourth-order valence-corrected chi connectivity index (χ4v) is 4.12. The average molecular weight is 276 g/mol. The summed E-state index contributed by atoms with van der Waals surface area (Å²) >= 11 is 2.08. The summed E-state index contributed by atoms with van der Waals surface area (Å²) in [6.07, 6.45) is 5.42. The van der Waals surface area contributed by atoms with E-state index in [0.29, 0.717) is 6.04 Å². The minimum absolute atomic E-state index is 0.667. The lowest BCUT2D eigenvalue weighted by Crippen LogP contribution is -2.25. The van der Waals surface area contributed by atoms with Crippen LogP contribution in [0.1, 0.15) is 31.2 Å². The first-order chi connectivity index (χ1) is 9.40. The lowest BCUT2D eigenvalue weighted by molar-refractivity contribution is 0.331. The van der Waals surface area contributed by atoms with Gasteiger partial charge in [0.15, 0.2) is 0 Å². The van der Waals surface area contributed by atoms with Crippen LogP contribution in [0.25, 0.3) is 0 Å². The molecule has 2 heterocycles. The van der Waals surface area contributed by atoms with Gasteiger partial charge in [0.05, 0.1) is 0 Å². The third kappa shape index (κ3) is 3.90. The molecule has 1 atom stereocenters. The normalized spacial score (nSPS) is 24.5. The van der Waals surface area contributed by atoms with E-state index in [9.17, 15) is 0 Å². The van der Waals surface area contributed by atoms with Crippen LogP contribution in [0.2, 0.25) is 0 Å². The number of anilines is 1. The first-order valence-electron chi connectivity index (χ1n) is 7.56. The summed E-state index contributed by atoms with van der Waals surface area (Å²) in [5, 5.41) is 3.71. The Morgan fingerprint density at radius 2 is 2.11 bits per heavy atom. The molecule has 0 spiro atoms. The van der Waals surface area contributed by atoms with Crippen molar-refractivity contribution >= 4 is 17.4 Å². The van der Waals surface area contributed by atoms with Crippen molar-refractivity contribution in [2.75, 3.05) is 29.9 Å². The van der Waals surface area contributed by atoms with E-state index in [4.69, 9.17) is 0 Å². The fourth-order valence-electron chi connectivity index (χ4n) is 3.05. The van der Waals surface area contributed by atoms with Gasteiger partial charge in [-0.15, -0.1) is 0 Å². The van der Waals surface area contributed by atoms with Crippen molar-refractivity contribution < 1.29 is 0 Å². The molecule has 0 bridgehead atoms. The Balaban J connectivity index is 1.58. The van der Waals surface area contributed by atoms with Crippen molar-refractivity contribution in [1.29, 1.82) is 0 Å². The Kier molecular flexibility index (Phi) is 4.67. The summed E-state index contributed by atoms with van der Waals surface area (Å²) in [7, 11) is 0. The van der Waals surface area contributed by atoms with E-state index in [1.54, 1.807) is 0 Å². The van der Waals surface area contributed by atoms with Gasteiger partial charge in [-0.1, -0.05) is 12.1 Å². The number of hydrogen-bond acceptors (Lipinski definition) is 3. The number of likely N-dealkylation sites (tertiary alicyclic amines) is 1. The third-order valence-electron chi connectivity index (χ3n) is 4.06. The zero-order valence-electron chi connectivity index (χ0n) is 11.6. The molecule has 2 nitrogen and oxygen atoms in total. The summed E-state index contributed by atoms with van der Waals surface area (Å²) in [5.41, 5.74) is 2.76. The van der Waals surface area contributed by atoms with Gasteiger partial charge in [0.1, 0.15) is 0 Å². The van der Waals surface area contributed by atoms with Crippen LogP contribution in [0.15, 0.2) is 24.3 Å². The lowest BCUT2D eigenvalue weighted by atomic mass is 10.1. The van der Waals surface area contributed by atoms with E-state index >= 15 is 0 Å². The van der Waals surface area contributed by atoms with Crippen molar-refractivity contribution in [3.8, 4) is 0 Å². The maximum Gasteiger partial charge on any atom is 0.0352 e. The van der Waals surface area contributed by atoms with Gasteiger partial charge in [-0.2, -0.15) is 11.8 Å². The minimum Gasteiger partial charge on any atom is -0.381 e. The molecule has 3 rings (SSSR count). The number of thioether (sulfide) groups is 1. The number of rotatable bonds is 4. The molecule has 2 aliphatic heterocycles. The van der Waals surface area contributed by atoms with Crippen molar-refractivity contribution in [2.45, 2.75) is 38.3 Å². The second-order valence-corrected chi connectivity index (χ2v) is 6.89. The molecule has 0 amide bonds. The maximum absolute atomic E-state index is 3.71. The van der Waals surface area contributed by atoms with E-state index < -0.39 is 0 Å². The molecule has 0 saturated carbocycles. The Hall–Kier alpha value is -0.670. The van der Waals surface area contributed by atoms with E-state index in [2.05, 4.69) is 46.2 Å². The number of nitrogens with zero attached hydrogens (tertiary/aromatic N) is 1. The third-order valence-corrected chi connectivity index (χ3v) is 5.28. The first kappa shape index (κ1) is 13.3.